The van der Waals surface area contributed by atoms with Gasteiger partial charge in [0, 0.05) is 18.7 Å². The Morgan fingerprint density at radius 1 is 1.65 bits per heavy atom. The first kappa shape index (κ1) is 11.5. The van der Waals surface area contributed by atoms with Crippen LogP contribution in [-0.4, -0.2) is 36.5 Å². The zero-order chi connectivity index (χ0) is 12.4. The lowest BCUT2D eigenvalue weighted by atomic mass is 10.1. The van der Waals surface area contributed by atoms with Crippen molar-refractivity contribution in [3.05, 3.63) is 18.2 Å². The Hall–Kier alpha value is -0.630. The molecule has 0 bridgehead atoms. The van der Waals surface area contributed by atoms with E-state index in [2.05, 4.69) is 18.8 Å². The quantitative estimate of drug-likeness (QED) is 0.775. The van der Waals surface area contributed by atoms with Crippen LogP contribution in [0, 0.1) is 17.3 Å². The van der Waals surface area contributed by atoms with Gasteiger partial charge in [-0.25, -0.2) is 4.98 Å². The van der Waals surface area contributed by atoms with Crippen molar-refractivity contribution in [2.75, 3.05) is 6.54 Å². The van der Waals surface area contributed by atoms with Gasteiger partial charge in [0.15, 0.2) is 0 Å². The van der Waals surface area contributed by atoms with E-state index in [1.165, 1.54) is 0 Å². The Morgan fingerprint density at radius 2 is 2.35 bits per heavy atom. The zero-order valence-corrected chi connectivity index (χ0v) is 11.8. The molecule has 0 radical (unpaired) electrons. The molecule has 1 aliphatic heterocycles. The fraction of sp³-hybridized carbons (Fsp3) is 0.636. The summed E-state index contributed by atoms with van der Waals surface area (Å²) in [6.45, 7) is 4.94. The van der Waals surface area contributed by atoms with Crippen LogP contribution in [0.1, 0.15) is 24.3 Å². The summed E-state index contributed by atoms with van der Waals surface area (Å²) in [5.41, 5.74) is 0.580. The van der Waals surface area contributed by atoms with E-state index in [1.54, 1.807) is 20.2 Å². The molecule has 1 aromatic rings. The molecule has 0 spiro atoms. The highest BCUT2D eigenvalue weighted by atomic mass is 127. The molecular formula is C11H14IN3O2. The lowest BCUT2D eigenvalue weighted by Crippen LogP contribution is -2.40. The Balaban J connectivity index is 1.78. The molecule has 0 aromatic carbocycles. The molecule has 1 saturated heterocycles. The van der Waals surface area contributed by atoms with E-state index in [4.69, 9.17) is 0 Å². The minimum Gasteiger partial charge on any atom is -0.373 e. The lowest BCUT2D eigenvalue weighted by Gasteiger charge is -2.26. The predicted molar refractivity (Wildman–Crippen MR) is 69.4 cm³/mol. The van der Waals surface area contributed by atoms with Gasteiger partial charge in [-0.2, -0.15) is 0 Å². The second kappa shape index (κ2) is 3.44. The number of imidazole rings is 1. The van der Waals surface area contributed by atoms with Gasteiger partial charge in [-0.3, -0.25) is 7.58 Å². The standard InChI is InChI=1S/C11H14IN3O2/c1-11(2)6-3-15(10(17)8(6)11)9(16)7-4-14(12)5-13-7/h4-6,8,10,17H,3H2,1-2H3/t6-,8-,10+/m0/s1. The van der Waals surface area contributed by atoms with Crippen molar-refractivity contribution >= 4 is 28.8 Å². The van der Waals surface area contributed by atoms with Crippen LogP contribution in [0.3, 0.4) is 0 Å². The average Bonchev–Trinajstić information content (AvgIpc) is 2.64. The number of halogens is 1. The number of piperidine rings is 1. The van der Waals surface area contributed by atoms with Gasteiger partial charge >= 0.3 is 0 Å². The number of hydrogen-bond donors (Lipinski definition) is 1. The number of aromatic nitrogens is 2. The first-order chi connectivity index (χ1) is 7.93. The number of nitrogens with zero attached hydrogens (tertiary/aromatic N) is 3. The summed E-state index contributed by atoms with van der Waals surface area (Å²) in [5.74, 6) is 0.493. The molecule has 1 saturated carbocycles. The third-order valence-electron chi connectivity index (χ3n) is 4.21. The summed E-state index contributed by atoms with van der Waals surface area (Å²) in [6, 6.07) is 0. The lowest BCUT2D eigenvalue weighted by molar-refractivity contribution is 0.00346. The Kier molecular flexibility index (Phi) is 2.32. The number of amides is 1. The maximum atomic E-state index is 12.1. The molecule has 3 rings (SSSR count). The first-order valence-corrected chi connectivity index (χ1v) is 6.58. The summed E-state index contributed by atoms with van der Waals surface area (Å²) >= 11 is 2.04. The fourth-order valence-electron chi connectivity index (χ4n) is 3.00. The fourth-order valence-corrected chi connectivity index (χ4v) is 3.39. The van der Waals surface area contributed by atoms with Crippen LogP contribution in [0.15, 0.2) is 12.5 Å². The van der Waals surface area contributed by atoms with Crippen LogP contribution in [-0.2, 0) is 0 Å². The summed E-state index contributed by atoms with van der Waals surface area (Å²) < 4.78 is 1.71. The Morgan fingerprint density at radius 3 is 2.82 bits per heavy atom. The predicted octanol–water partition coefficient (Wildman–Crippen LogP) is 1.13. The largest absolute Gasteiger partial charge is 0.373 e. The van der Waals surface area contributed by atoms with Gasteiger partial charge in [0.2, 0.25) is 0 Å². The Bertz CT molecular complexity index is 485. The molecule has 2 heterocycles. The van der Waals surface area contributed by atoms with E-state index < -0.39 is 6.23 Å². The number of carbonyl (C=O) groups is 1. The molecule has 6 heteroatoms. The van der Waals surface area contributed by atoms with E-state index in [0.717, 1.165) is 0 Å². The van der Waals surface area contributed by atoms with E-state index in [9.17, 15) is 9.90 Å². The van der Waals surface area contributed by atoms with Gasteiger partial charge in [0.05, 0.1) is 22.9 Å². The third-order valence-corrected chi connectivity index (χ3v) is 4.73. The number of aliphatic hydroxyl groups excluding tert-OH is 1. The first-order valence-electron chi connectivity index (χ1n) is 5.62. The van der Waals surface area contributed by atoms with E-state index >= 15 is 0 Å². The number of aliphatic hydroxyl groups is 1. The highest BCUT2D eigenvalue weighted by Gasteiger charge is 2.67. The van der Waals surface area contributed by atoms with E-state index in [0.29, 0.717) is 18.2 Å². The maximum Gasteiger partial charge on any atom is 0.276 e. The molecule has 1 aliphatic carbocycles. The zero-order valence-electron chi connectivity index (χ0n) is 9.67. The molecule has 2 fully saturated rings. The number of likely N-dealkylation sites (tertiary alicyclic amines) is 1. The maximum absolute atomic E-state index is 12.1. The summed E-state index contributed by atoms with van der Waals surface area (Å²) in [4.78, 5) is 17.7. The van der Waals surface area contributed by atoms with Crippen LogP contribution in [0.4, 0.5) is 0 Å². The summed E-state index contributed by atoms with van der Waals surface area (Å²) in [6.07, 6.45) is 2.60. The number of carbonyl (C=O) groups excluding carboxylic acids is 1. The molecule has 1 aromatic heterocycles. The van der Waals surface area contributed by atoms with Crippen molar-refractivity contribution < 1.29 is 9.90 Å². The normalized spacial score (nSPS) is 33.6. The van der Waals surface area contributed by atoms with Gasteiger partial charge in [0.25, 0.3) is 5.91 Å². The van der Waals surface area contributed by atoms with Crippen molar-refractivity contribution in [2.45, 2.75) is 20.1 Å². The second-order valence-electron chi connectivity index (χ2n) is 5.43. The van der Waals surface area contributed by atoms with Crippen molar-refractivity contribution in [3.63, 3.8) is 0 Å². The van der Waals surface area contributed by atoms with Gasteiger partial charge in [-0.05, 0) is 11.3 Å². The van der Waals surface area contributed by atoms with Crippen molar-refractivity contribution in [2.24, 2.45) is 17.3 Å². The summed E-state index contributed by atoms with van der Waals surface area (Å²) in [5, 5.41) is 10.1. The molecule has 17 heavy (non-hydrogen) atoms. The minimum atomic E-state index is -0.651. The van der Waals surface area contributed by atoms with Crippen LogP contribution < -0.4 is 0 Å². The van der Waals surface area contributed by atoms with Crippen molar-refractivity contribution in [1.29, 1.82) is 0 Å². The van der Waals surface area contributed by atoms with Crippen LogP contribution in [0.25, 0.3) is 0 Å². The monoisotopic (exact) mass is 347 g/mol. The van der Waals surface area contributed by atoms with Gasteiger partial charge < -0.3 is 10.0 Å². The SMILES string of the molecule is CC1(C)[C@@H]2[C@@H](O)N(C(=O)c3cn(I)cn3)C[C@@H]21. The Labute approximate surface area is 113 Å². The van der Waals surface area contributed by atoms with Gasteiger partial charge in [-0.1, -0.05) is 13.8 Å². The smallest absolute Gasteiger partial charge is 0.276 e. The molecule has 5 nitrogen and oxygen atoms in total. The molecular weight excluding hydrogens is 333 g/mol. The third kappa shape index (κ3) is 1.53. The van der Waals surface area contributed by atoms with Gasteiger partial charge in [0.1, 0.15) is 18.2 Å². The highest BCUT2D eigenvalue weighted by Crippen LogP contribution is 2.64. The number of hydrogen-bond acceptors (Lipinski definition) is 3. The van der Waals surface area contributed by atoms with Crippen LogP contribution in [0.5, 0.6) is 0 Å². The van der Waals surface area contributed by atoms with Gasteiger partial charge in [-0.15, -0.1) is 0 Å². The minimum absolute atomic E-state index is 0.170. The van der Waals surface area contributed by atoms with Crippen molar-refractivity contribution in [1.82, 2.24) is 12.7 Å². The van der Waals surface area contributed by atoms with E-state index in [-0.39, 0.29) is 17.2 Å². The molecule has 0 unspecified atom stereocenters. The topological polar surface area (TPSA) is 58.4 Å². The molecule has 2 aliphatic rings. The van der Waals surface area contributed by atoms with Crippen LogP contribution >= 0.6 is 22.9 Å². The average molecular weight is 347 g/mol. The summed E-state index contributed by atoms with van der Waals surface area (Å²) in [7, 11) is 0. The van der Waals surface area contributed by atoms with Crippen LogP contribution in [0.2, 0.25) is 0 Å². The highest BCUT2D eigenvalue weighted by molar-refractivity contribution is 14.1. The molecule has 1 amide bonds. The second-order valence-corrected chi connectivity index (χ2v) is 6.54. The number of fused-ring (bicyclic) bond motifs is 1. The van der Waals surface area contributed by atoms with E-state index in [1.807, 2.05) is 22.9 Å². The van der Waals surface area contributed by atoms with Crippen molar-refractivity contribution in [3.8, 4) is 0 Å². The number of rotatable bonds is 1. The molecule has 92 valence electrons. The molecule has 1 N–H and O–H groups in total. The molecule has 3 atom stereocenters.